The molecule has 0 amide bonds. The SMILES string of the molecule is C=CCCOc1ccc2c(oc3c(F)c(CC)ccc32)c1F. The summed E-state index contributed by atoms with van der Waals surface area (Å²) < 4.78 is 39.6. The minimum absolute atomic E-state index is 0.0262. The van der Waals surface area contributed by atoms with Gasteiger partial charge in [0, 0.05) is 10.8 Å². The first kappa shape index (κ1) is 14.6. The van der Waals surface area contributed by atoms with Crippen molar-refractivity contribution in [2.75, 3.05) is 6.61 Å². The van der Waals surface area contributed by atoms with Gasteiger partial charge in [0.15, 0.2) is 22.7 Å². The molecule has 4 heteroatoms. The Hall–Kier alpha value is -2.36. The van der Waals surface area contributed by atoms with E-state index in [4.69, 9.17) is 9.15 Å². The summed E-state index contributed by atoms with van der Waals surface area (Å²) in [6.45, 7) is 5.78. The van der Waals surface area contributed by atoms with Crippen molar-refractivity contribution >= 4 is 21.9 Å². The van der Waals surface area contributed by atoms with Gasteiger partial charge in [0.2, 0.25) is 5.82 Å². The van der Waals surface area contributed by atoms with Crippen LogP contribution in [0.1, 0.15) is 18.9 Å². The largest absolute Gasteiger partial charge is 0.490 e. The van der Waals surface area contributed by atoms with E-state index in [-0.39, 0.29) is 16.9 Å². The van der Waals surface area contributed by atoms with Crippen LogP contribution >= 0.6 is 0 Å². The van der Waals surface area contributed by atoms with Crippen LogP contribution in [0.5, 0.6) is 5.75 Å². The van der Waals surface area contributed by atoms with Gasteiger partial charge in [-0.1, -0.05) is 19.1 Å². The number of aryl methyl sites for hydroxylation is 1. The van der Waals surface area contributed by atoms with E-state index >= 15 is 0 Å². The maximum Gasteiger partial charge on any atom is 0.208 e. The summed E-state index contributed by atoms with van der Waals surface area (Å²) in [6, 6.07) is 6.71. The van der Waals surface area contributed by atoms with Crippen molar-refractivity contribution in [3.8, 4) is 5.75 Å². The van der Waals surface area contributed by atoms with Crippen molar-refractivity contribution in [2.45, 2.75) is 19.8 Å². The highest BCUT2D eigenvalue weighted by atomic mass is 19.1. The molecule has 1 heterocycles. The lowest BCUT2D eigenvalue weighted by Gasteiger charge is -2.05. The molecule has 0 aliphatic heterocycles. The fraction of sp³-hybridized carbons (Fsp3) is 0.222. The van der Waals surface area contributed by atoms with Crippen molar-refractivity contribution in [3.05, 3.63) is 54.1 Å². The predicted octanol–water partition coefficient (Wildman–Crippen LogP) is 5.38. The van der Waals surface area contributed by atoms with Crippen molar-refractivity contribution in [3.63, 3.8) is 0 Å². The normalized spacial score (nSPS) is 11.2. The Bertz CT molecular complexity index is 849. The molecule has 0 saturated heterocycles. The van der Waals surface area contributed by atoms with E-state index in [0.29, 0.717) is 35.8 Å². The molecule has 0 atom stereocenters. The van der Waals surface area contributed by atoms with Crippen LogP contribution in [0, 0.1) is 11.6 Å². The molecule has 2 aromatic carbocycles. The zero-order valence-corrected chi connectivity index (χ0v) is 12.3. The number of hydrogen-bond acceptors (Lipinski definition) is 2. The molecule has 22 heavy (non-hydrogen) atoms. The number of ether oxygens (including phenoxy) is 1. The van der Waals surface area contributed by atoms with E-state index in [1.54, 1.807) is 30.3 Å². The van der Waals surface area contributed by atoms with Crippen LogP contribution in [-0.4, -0.2) is 6.61 Å². The van der Waals surface area contributed by atoms with Gasteiger partial charge in [-0.3, -0.25) is 0 Å². The molecule has 0 unspecified atom stereocenters. The average molecular weight is 302 g/mol. The van der Waals surface area contributed by atoms with Gasteiger partial charge >= 0.3 is 0 Å². The van der Waals surface area contributed by atoms with Crippen LogP contribution in [0.15, 0.2) is 41.3 Å². The fourth-order valence-corrected chi connectivity index (χ4v) is 2.50. The van der Waals surface area contributed by atoms with Gasteiger partial charge in [-0.25, -0.2) is 4.39 Å². The summed E-state index contributed by atoms with van der Waals surface area (Å²) in [7, 11) is 0. The van der Waals surface area contributed by atoms with Crippen molar-refractivity contribution < 1.29 is 17.9 Å². The highest BCUT2D eigenvalue weighted by Crippen LogP contribution is 2.36. The van der Waals surface area contributed by atoms with Crippen molar-refractivity contribution in [1.29, 1.82) is 0 Å². The fourth-order valence-electron chi connectivity index (χ4n) is 2.50. The van der Waals surface area contributed by atoms with Crippen LogP contribution in [0.4, 0.5) is 8.78 Å². The van der Waals surface area contributed by atoms with Crippen molar-refractivity contribution in [2.24, 2.45) is 0 Å². The highest BCUT2D eigenvalue weighted by molar-refractivity contribution is 6.05. The molecule has 0 bridgehead atoms. The molecule has 0 radical (unpaired) electrons. The second kappa shape index (κ2) is 5.79. The number of furan rings is 1. The molecule has 3 rings (SSSR count). The Morgan fingerprint density at radius 2 is 1.77 bits per heavy atom. The van der Waals surface area contributed by atoms with Crippen LogP contribution in [0.2, 0.25) is 0 Å². The van der Waals surface area contributed by atoms with Gasteiger partial charge in [0.25, 0.3) is 0 Å². The number of hydrogen-bond donors (Lipinski definition) is 0. The third-order valence-corrected chi connectivity index (χ3v) is 3.69. The molecule has 2 nitrogen and oxygen atoms in total. The molecule has 0 saturated carbocycles. The van der Waals surface area contributed by atoms with E-state index < -0.39 is 11.6 Å². The topological polar surface area (TPSA) is 22.4 Å². The summed E-state index contributed by atoms with van der Waals surface area (Å²) in [5.74, 6) is -0.926. The molecule has 3 aromatic rings. The first-order valence-corrected chi connectivity index (χ1v) is 7.23. The second-order valence-corrected chi connectivity index (χ2v) is 5.05. The van der Waals surface area contributed by atoms with Crippen LogP contribution in [-0.2, 0) is 6.42 Å². The Balaban J connectivity index is 2.16. The Morgan fingerprint density at radius 3 is 2.45 bits per heavy atom. The second-order valence-electron chi connectivity index (χ2n) is 5.05. The lowest BCUT2D eigenvalue weighted by atomic mass is 10.1. The van der Waals surface area contributed by atoms with E-state index in [9.17, 15) is 8.78 Å². The summed E-state index contributed by atoms with van der Waals surface area (Å²) in [4.78, 5) is 0. The summed E-state index contributed by atoms with van der Waals surface area (Å²) >= 11 is 0. The van der Waals surface area contributed by atoms with Crippen LogP contribution < -0.4 is 4.74 Å². The molecule has 0 aliphatic rings. The van der Waals surface area contributed by atoms with Gasteiger partial charge < -0.3 is 9.15 Å². The monoisotopic (exact) mass is 302 g/mol. The average Bonchev–Trinajstić information content (AvgIpc) is 2.91. The first-order valence-electron chi connectivity index (χ1n) is 7.23. The number of rotatable bonds is 5. The van der Waals surface area contributed by atoms with Crippen molar-refractivity contribution in [1.82, 2.24) is 0 Å². The molecule has 0 spiro atoms. The summed E-state index contributed by atoms with van der Waals surface area (Å²) in [5, 5.41) is 1.12. The smallest absolute Gasteiger partial charge is 0.208 e. The zero-order chi connectivity index (χ0) is 15.7. The number of fused-ring (bicyclic) bond motifs is 3. The van der Waals surface area contributed by atoms with E-state index in [1.807, 2.05) is 6.92 Å². The van der Waals surface area contributed by atoms with E-state index in [1.165, 1.54) is 0 Å². The quantitative estimate of drug-likeness (QED) is 0.466. The third kappa shape index (κ3) is 2.25. The Kier molecular flexibility index (Phi) is 3.84. The van der Waals surface area contributed by atoms with Gasteiger partial charge in [-0.05, 0) is 36.6 Å². The summed E-state index contributed by atoms with van der Waals surface area (Å²) in [5.41, 5.74) is 0.671. The molecule has 114 valence electrons. The van der Waals surface area contributed by atoms with Crippen LogP contribution in [0.25, 0.3) is 21.9 Å². The standard InChI is InChI=1S/C18H16F2O2/c1-3-5-10-21-14-9-8-13-12-7-6-11(4-2)15(19)17(12)22-18(13)16(14)20/h3,6-9H,1,4-5,10H2,2H3. The van der Waals surface area contributed by atoms with Gasteiger partial charge in [-0.15, -0.1) is 6.58 Å². The van der Waals surface area contributed by atoms with Gasteiger partial charge in [-0.2, -0.15) is 4.39 Å². The van der Waals surface area contributed by atoms with E-state index in [2.05, 4.69) is 6.58 Å². The highest BCUT2D eigenvalue weighted by Gasteiger charge is 2.18. The van der Waals surface area contributed by atoms with Crippen LogP contribution in [0.3, 0.4) is 0 Å². The van der Waals surface area contributed by atoms with Gasteiger partial charge in [0.1, 0.15) is 0 Å². The molecule has 0 fully saturated rings. The minimum atomic E-state index is -0.602. The third-order valence-electron chi connectivity index (χ3n) is 3.69. The number of halogens is 2. The summed E-state index contributed by atoms with van der Waals surface area (Å²) in [6.07, 6.45) is 2.86. The molecular weight excluding hydrogens is 286 g/mol. The predicted molar refractivity (Wildman–Crippen MR) is 83.3 cm³/mol. The van der Waals surface area contributed by atoms with E-state index in [0.717, 1.165) is 0 Å². The maximum atomic E-state index is 14.5. The lowest BCUT2D eigenvalue weighted by molar-refractivity contribution is 0.308. The zero-order valence-electron chi connectivity index (χ0n) is 12.3. The first-order chi connectivity index (χ1) is 10.7. The Morgan fingerprint density at radius 1 is 1.09 bits per heavy atom. The molecule has 0 N–H and O–H groups in total. The maximum absolute atomic E-state index is 14.5. The molecule has 1 aromatic heterocycles. The minimum Gasteiger partial charge on any atom is -0.490 e. The number of benzene rings is 2. The Labute approximate surface area is 127 Å². The molecular formula is C18H16F2O2. The lowest BCUT2D eigenvalue weighted by Crippen LogP contribution is -1.97. The molecule has 0 aliphatic carbocycles. The van der Waals surface area contributed by atoms with Gasteiger partial charge in [0.05, 0.1) is 6.61 Å².